The van der Waals surface area contributed by atoms with Crippen LogP contribution in [0.25, 0.3) is 22.5 Å². The van der Waals surface area contributed by atoms with Gasteiger partial charge in [0.1, 0.15) is 0 Å². The molecular formula is C49H81F2N7O7. The van der Waals surface area contributed by atoms with E-state index in [0.29, 0.717) is 5.56 Å². The molecule has 0 radical (unpaired) electrons. The third-order valence-electron chi connectivity index (χ3n) is 9.36. The monoisotopic (exact) mass is 918 g/mol. The first-order chi connectivity index (χ1) is 31.5. The number of oxazole rings is 1. The van der Waals surface area contributed by atoms with E-state index in [0.717, 1.165) is 86.7 Å². The lowest BCUT2D eigenvalue weighted by Gasteiger charge is -2.07. The highest BCUT2D eigenvalue weighted by molar-refractivity contribution is 5.63. The maximum atomic E-state index is 13.0. The quantitative estimate of drug-likeness (QED) is 0.0919. The van der Waals surface area contributed by atoms with Gasteiger partial charge in [0.15, 0.2) is 23.8 Å². The number of nitrogens with one attached hydrogen (secondary N) is 6. The van der Waals surface area contributed by atoms with Crippen LogP contribution in [0.1, 0.15) is 76.8 Å². The summed E-state index contributed by atoms with van der Waals surface area (Å²) in [5.41, 5.74) is 5.03. The molecule has 65 heavy (non-hydrogen) atoms. The van der Waals surface area contributed by atoms with Gasteiger partial charge in [-0.1, -0.05) is 86.5 Å². The molecule has 4 aliphatic rings. The zero-order valence-corrected chi connectivity index (χ0v) is 39.9. The van der Waals surface area contributed by atoms with Gasteiger partial charge >= 0.3 is 0 Å². The van der Waals surface area contributed by atoms with E-state index in [1.807, 2.05) is 71.3 Å². The van der Waals surface area contributed by atoms with Crippen LogP contribution in [0.3, 0.4) is 0 Å². The van der Waals surface area contributed by atoms with E-state index < -0.39 is 11.6 Å². The minimum absolute atomic E-state index is 0.0648. The Bertz CT molecular complexity index is 1590. The lowest BCUT2D eigenvalue weighted by molar-refractivity contribution is -0.123. The summed E-state index contributed by atoms with van der Waals surface area (Å²) in [6.07, 6.45) is 11.7. The molecule has 0 saturated carbocycles. The number of aromatic nitrogens is 1. The summed E-state index contributed by atoms with van der Waals surface area (Å²) in [6, 6.07) is 20.5. The minimum atomic E-state index is -0.814. The molecule has 4 saturated heterocycles. The molecule has 16 heteroatoms. The van der Waals surface area contributed by atoms with Crippen molar-refractivity contribution in [1.29, 1.82) is 0 Å². The summed E-state index contributed by atoms with van der Waals surface area (Å²) in [5, 5.41) is 49.9. The number of hydrogen-bond acceptors (Lipinski definition) is 12. The number of β-amino-alcohol motifs (C(OH)–C–C–N with tert-alkyl or cyclic N) is 2. The van der Waals surface area contributed by atoms with Crippen LogP contribution in [0.15, 0.2) is 83.7 Å². The van der Waals surface area contributed by atoms with Crippen LogP contribution >= 0.6 is 0 Å². The number of rotatable bonds is 6. The average Bonchev–Trinajstić information content (AvgIpc) is 4.19. The molecule has 4 aromatic rings. The number of benzene rings is 3. The smallest absolute Gasteiger partial charge is 0.290 e. The molecule has 3 aromatic carbocycles. The number of aliphatic hydroxyl groups excluding tert-OH is 2. The van der Waals surface area contributed by atoms with Crippen molar-refractivity contribution in [2.75, 3.05) is 73.0 Å². The van der Waals surface area contributed by atoms with Gasteiger partial charge < -0.3 is 56.7 Å². The van der Waals surface area contributed by atoms with Crippen LogP contribution in [0, 0.1) is 25.5 Å². The molecule has 3 atom stereocenters. The van der Waals surface area contributed by atoms with E-state index in [-0.39, 0.29) is 25.2 Å². The van der Waals surface area contributed by atoms with Gasteiger partial charge in [0, 0.05) is 24.7 Å². The molecule has 3 unspecified atom stereocenters. The van der Waals surface area contributed by atoms with Gasteiger partial charge in [-0.15, -0.1) is 0 Å². The van der Waals surface area contributed by atoms with E-state index in [4.69, 9.17) is 34.4 Å². The molecule has 5 heterocycles. The molecule has 4 fully saturated rings. The highest BCUT2D eigenvalue weighted by atomic mass is 19.2. The topological polar surface area (TPSA) is 213 Å². The third-order valence-corrected chi connectivity index (χ3v) is 9.36. The predicted molar refractivity (Wildman–Crippen MR) is 260 cm³/mol. The van der Waals surface area contributed by atoms with Crippen molar-refractivity contribution in [2.45, 2.75) is 97.8 Å². The number of halogens is 2. The highest BCUT2D eigenvalue weighted by Crippen LogP contribution is 2.22. The maximum Gasteiger partial charge on any atom is 0.290 e. The van der Waals surface area contributed by atoms with Gasteiger partial charge in [-0.05, 0) is 142 Å². The minimum Gasteiger partial charge on any atom is -0.483 e. The fourth-order valence-corrected chi connectivity index (χ4v) is 5.72. The lowest BCUT2D eigenvalue weighted by Crippen LogP contribution is -2.25. The highest BCUT2D eigenvalue weighted by Gasteiger charge is 2.12. The molecule has 14 nitrogen and oxygen atoms in total. The molecule has 0 aliphatic carbocycles. The number of carboxylic acid groups (broad SMARTS) is 2. The van der Waals surface area contributed by atoms with Crippen molar-refractivity contribution in [2.24, 2.45) is 0 Å². The second kappa shape index (κ2) is 44.5. The molecule has 0 bridgehead atoms. The van der Waals surface area contributed by atoms with Crippen molar-refractivity contribution < 1.29 is 43.2 Å². The Morgan fingerprint density at radius 3 is 1.51 bits per heavy atom. The van der Waals surface area contributed by atoms with Gasteiger partial charge in [0.25, 0.3) is 12.9 Å². The van der Waals surface area contributed by atoms with Crippen LogP contribution in [-0.2, 0) is 9.59 Å². The zero-order valence-electron chi connectivity index (χ0n) is 39.9. The maximum absolute atomic E-state index is 13.0. The number of hydrogen-bond donors (Lipinski definition) is 10. The summed E-state index contributed by atoms with van der Waals surface area (Å²) in [7, 11) is 3.94. The van der Waals surface area contributed by atoms with Crippen molar-refractivity contribution in [3.63, 3.8) is 0 Å². The zero-order chi connectivity index (χ0) is 48.9. The van der Waals surface area contributed by atoms with E-state index in [9.17, 15) is 8.78 Å². The van der Waals surface area contributed by atoms with Gasteiger partial charge in [-0.25, -0.2) is 13.8 Å². The Balaban J connectivity index is 0. The first kappa shape index (κ1) is 62.4. The third kappa shape index (κ3) is 35.3. The largest absolute Gasteiger partial charge is 0.483 e. The molecule has 4 aliphatic heterocycles. The predicted octanol–water partition coefficient (Wildman–Crippen LogP) is 6.64. The molecule has 368 valence electrons. The first-order valence-electron chi connectivity index (χ1n) is 22.6. The van der Waals surface area contributed by atoms with Crippen LogP contribution in [-0.4, -0.2) is 130 Å². The van der Waals surface area contributed by atoms with Crippen LogP contribution in [0.5, 0.6) is 0 Å². The second-order valence-electron chi connectivity index (χ2n) is 14.6. The van der Waals surface area contributed by atoms with Crippen LogP contribution in [0.4, 0.5) is 8.78 Å². The van der Waals surface area contributed by atoms with Crippen molar-refractivity contribution in [1.82, 2.24) is 36.9 Å². The fourth-order valence-electron chi connectivity index (χ4n) is 5.72. The van der Waals surface area contributed by atoms with Gasteiger partial charge in [0.05, 0.1) is 18.4 Å². The van der Waals surface area contributed by atoms with E-state index in [2.05, 4.69) is 62.9 Å². The molecule has 10 N–H and O–H groups in total. The van der Waals surface area contributed by atoms with Gasteiger partial charge in [-0.3, -0.25) is 9.59 Å². The van der Waals surface area contributed by atoms with Crippen molar-refractivity contribution in [3.05, 3.63) is 102 Å². The lowest BCUT2D eigenvalue weighted by atomic mass is 10.0. The number of nitrogens with zero attached hydrogens (tertiary/aromatic N) is 1. The van der Waals surface area contributed by atoms with Crippen molar-refractivity contribution in [3.8, 4) is 22.5 Å². The SMILES string of the molecule is C1CCNC1.CC.CCNC.CNCCC1CCCN1.Cc1ccc(-c2ccc(F)c(F)c2)cc1.Cc1ccc(-c2cnco2)cc1.O=CO.O=CO.OC1CCNC1.OC1CCNC1. The summed E-state index contributed by atoms with van der Waals surface area (Å²) >= 11 is 0. The normalized spacial score (nSPS) is 17.1. The van der Waals surface area contributed by atoms with Gasteiger partial charge in [-0.2, -0.15) is 0 Å². The fraction of sp³-hybridized carbons (Fsp3) is 0.531. The summed E-state index contributed by atoms with van der Waals surface area (Å²) < 4.78 is 30.8. The Labute approximate surface area is 387 Å². The molecule has 0 spiro atoms. The molecular weight excluding hydrogens is 837 g/mol. The van der Waals surface area contributed by atoms with E-state index >= 15 is 0 Å². The van der Waals surface area contributed by atoms with Crippen LogP contribution < -0.4 is 31.9 Å². The second-order valence-corrected chi connectivity index (χ2v) is 14.6. The molecule has 0 amide bonds. The Morgan fingerprint density at radius 1 is 0.692 bits per heavy atom. The summed E-state index contributed by atoms with van der Waals surface area (Å²) in [6.45, 7) is 19.1. The standard InChI is InChI=1S/C13H10F2.C10H9NO.C7H16N2.2C4H9NO.C4H9N.C3H9N.C2H6.2CH2O2/c1-9-2-4-10(5-3-9)11-6-7-12(14)13(15)8-11;1-8-2-4-9(5-3-8)10-6-11-7-12-10;1-8-6-4-7-3-2-5-9-7;2*6-4-1-2-5-3-4;1-2-4-5-3-1;1-3-4-2;1-2;2*2-1-3/h2-8H,1H3;2-7H,1H3;7-9H,2-6H2,1H3;2*4-6H,1-3H2;5H,1-4H2;4H,3H2,1-2H3;1-2H3;2*1H,(H,2,3). The number of carbonyl (C=O) groups is 2. The Kier molecular flexibility index (Phi) is 42.8. The first-order valence-corrected chi connectivity index (χ1v) is 22.6. The van der Waals surface area contributed by atoms with Crippen LogP contribution in [0.2, 0.25) is 0 Å². The van der Waals surface area contributed by atoms with Crippen molar-refractivity contribution >= 4 is 12.9 Å². The molecule has 8 rings (SSSR count). The van der Waals surface area contributed by atoms with Gasteiger partial charge in [0.2, 0.25) is 0 Å². The molecule has 1 aromatic heterocycles. The Hall–Kier alpha value is -4.65. The van der Waals surface area contributed by atoms with E-state index in [1.54, 1.807) is 12.3 Å². The number of aryl methyl sites for hydroxylation is 2. The van der Waals surface area contributed by atoms with E-state index in [1.165, 1.54) is 69.8 Å². The summed E-state index contributed by atoms with van der Waals surface area (Å²) in [4.78, 5) is 20.6. The Morgan fingerprint density at radius 2 is 1.18 bits per heavy atom. The summed E-state index contributed by atoms with van der Waals surface area (Å²) in [5.74, 6) is -0.811. The number of aliphatic hydroxyl groups is 2. The average molecular weight is 918 g/mol.